The van der Waals surface area contributed by atoms with Gasteiger partial charge in [0, 0.05) is 30.2 Å². The Morgan fingerprint density at radius 2 is 2.24 bits per heavy atom. The number of likely N-dealkylation sites (N-methyl/N-ethyl adjacent to an activating group) is 1. The standard InChI is InChI=1S/C14H21ClN2/c1-10-12(5-4-6-13(10)15)9-14-11(2)16-7-8-17(14)3/h4-6,11,14,16H,7-9H2,1-3H3. The first-order valence-electron chi connectivity index (χ1n) is 6.27. The van der Waals surface area contributed by atoms with Crippen LogP contribution in [0.2, 0.25) is 5.02 Å². The molecule has 1 aromatic carbocycles. The SMILES string of the molecule is Cc1c(Cl)cccc1CC1C(C)NCCN1C. The van der Waals surface area contributed by atoms with Crippen molar-refractivity contribution in [3.8, 4) is 0 Å². The van der Waals surface area contributed by atoms with Crippen molar-refractivity contribution in [2.45, 2.75) is 32.4 Å². The van der Waals surface area contributed by atoms with Crippen LogP contribution >= 0.6 is 11.6 Å². The molecule has 1 aliphatic heterocycles. The number of rotatable bonds is 2. The second-order valence-corrected chi connectivity index (χ2v) is 5.43. The molecule has 0 aliphatic carbocycles. The number of hydrogen-bond donors (Lipinski definition) is 1. The smallest absolute Gasteiger partial charge is 0.0437 e. The molecule has 1 saturated heterocycles. The number of benzene rings is 1. The highest BCUT2D eigenvalue weighted by molar-refractivity contribution is 6.31. The molecular formula is C14H21ClN2. The van der Waals surface area contributed by atoms with Crippen molar-refractivity contribution in [3.05, 3.63) is 34.3 Å². The van der Waals surface area contributed by atoms with Gasteiger partial charge in [-0.1, -0.05) is 23.7 Å². The Balaban J connectivity index is 2.16. The van der Waals surface area contributed by atoms with Crippen molar-refractivity contribution in [3.63, 3.8) is 0 Å². The number of piperazine rings is 1. The molecule has 1 fully saturated rings. The molecule has 94 valence electrons. The molecule has 2 atom stereocenters. The van der Waals surface area contributed by atoms with Crippen LogP contribution in [0.5, 0.6) is 0 Å². The molecule has 2 unspecified atom stereocenters. The first-order chi connectivity index (χ1) is 8.09. The van der Waals surface area contributed by atoms with E-state index in [4.69, 9.17) is 11.6 Å². The van der Waals surface area contributed by atoms with Crippen LogP contribution in [0, 0.1) is 6.92 Å². The number of nitrogens with zero attached hydrogens (tertiary/aromatic N) is 1. The molecule has 2 nitrogen and oxygen atoms in total. The van der Waals surface area contributed by atoms with E-state index in [0.717, 1.165) is 24.5 Å². The normalized spacial score (nSPS) is 26.1. The highest BCUT2D eigenvalue weighted by Gasteiger charge is 2.25. The summed E-state index contributed by atoms with van der Waals surface area (Å²) in [5.74, 6) is 0. The lowest BCUT2D eigenvalue weighted by Crippen LogP contribution is -2.56. The molecule has 1 aromatic rings. The Hall–Kier alpha value is -0.570. The van der Waals surface area contributed by atoms with Gasteiger partial charge in [-0.2, -0.15) is 0 Å². The van der Waals surface area contributed by atoms with Gasteiger partial charge in [0.05, 0.1) is 0 Å². The van der Waals surface area contributed by atoms with E-state index in [9.17, 15) is 0 Å². The summed E-state index contributed by atoms with van der Waals surface area (Å²) in [6.45, 7) is 6.58. The molecule has 0 radical (unpaired) electrons. The van der Waals surface area contributed by atoms with Crippen LogP contribution in [0.25, 0.3) is 0 Å². The second-order valence-electron chi connectivity index (χ2n) is 5.02. The molecule has 1 N–H and O–H groups in total. The van der Waals surface area contributed by atoms with Crippen molar-refractivity contribution >= 4 is 11.6 Å². The van der Waals surface area contributed by atoms with Gasteiger partial charge in [-0.3, -0.25) is 0 Å². The van der Waals surface area contributed by atoms with Crippen molar-refractivity contribution in [2.24, 2.45) is 0 Å². The van der Waals surface area contributed by atoms with Crippen LogP contribution in [-0.2, 0) is 6.42 Å². The van der Waals surface area contributed by atoms with Crippen molar-refractivity contribution < 1.29 is 0 Å². The Bertz CT molecular complexity index is 382. The van der Waals surface area contributed by atoms with E-state index in [1.807, 2.05) is 12.1 Å². The zero-order valence-corrected chi connectivity index (χ0v) is 11.6. The van der Waals surface area contributed by atoms with Gasteiger partial charge in [-0.05, 0) is 44.5 Å². The summed E-state index contributed by atoms with van der Waals surface area (Å²) in [5.41, 5.74) is 2.59. The third-order valence-corrected chi connectivity index (χ3v) is 4.29. The number of hydrogen-bond acceptors (Lipinski definition) is 2. The molecule has 1 aliphatic rings. The number of nitrogens with one attached hydrogen (secondary N) is 1. The van der Waals surface area contributed by atoms with Crippen LogP contribution in [0.4, 0.5) is 0 Å². The molecule has 17 heavy (non-hydrogen) atoms. The fourth-order valence-corrected chi connectivity index (χ4v) is 2.78. The van der Waals surface area contributed by atoms with Crippen LogP contribution in [0.1, 0.15) is 18.1 Å². The lowest BCUT2D eigenvalue weighted by atomic mass is 9.95. The minimum absolute atomic E-state index is 0.534. The molecule has 0 bridgehead atoms. The summed E-state index contributed by atoms with van der Waals surface area (Å²) in [7, 11) is 2.21. The minimum atomic E-state index is 0.534. The van der Waals surface area contributed by atoms with Crippen molar-refractivity contribution in [1.82, 2.24) is 10.2 Å². The van der Waals surface area contributed by atoms with Gasteiger partial charge in [0.2, 0.25) is 0 Å². The average molecular weight is 253 g/mol. The predicted molar refractivity (Wildman–Crippen MR) is 73.8 cm³/mol. The third-order valence-electron chi connectivity index (χ3n) is 3.88. The average Bonchev–Trinajstić information content (AvgIpc) is 2.29. The zero-order valence-electron chi connectivity index (χ0n) is 10.8. The Morgan fingerprint density at radius 1 is 1.47 bits per heavy atom. The van der Waals surface area contributed by atoms with Gasteiger partial charge in [0.1, 0.15) is 0 Å². The number of halogens is 1. The monoisotopic (exact) mass is 252 g/mol. The van der Waals surface area contributed by atoms with Gasteiger partial charge in [0.15, 0.2) is 0 Å². The van der Waals surface area contributed by atoms with Gasteiger partial charge in [-0.15, -0.1) is 0 Å². The van der Waals surface area contributed by atoms with E-state index in [-0.39, 0.29) is 0 Å². The van der Waals surface area contributed by atoms with E-state index in [1.54, 1.807) is 0 Å². The summed E-state index contributed by atoms with van der Waals surface area (Å²) in [5, 5.41) is 4.42. The summed E-state index contributed by atoms with van der Waals surface area (Å²) in [6, 6.07) is 7.29. The summed E-state index contributed by atoms with van der Waals surface area (Å²) >= 11 is 6.18. The van der Waals surface area contributed by atoms with Gasteiger partial charge in [-0.25, -0.2) is 0 Å². The first-order valence-corrected chi connectivity index (χ1v) is 6.65. The topological polar surface area (TPSA) is 15.3 Å². The summed E-state index contributed by atoms with van der Waals surface area (Å²) in [4.78, 5) is 2.45. The molecular weight excluding hydrogens is 232 g/mol. The first kappa shape index (κ1) is 12.9. The van der Waals surface area contributed by atoms with Crippen molar-refractivity contribution in [1.29, 1.82) is 0 Å². The Labute approximate surface area is 109 Å². The lowest BCUT2D eigenvalue weighted by molar-refractivity contribution is 0.157. The van der Waals surface area contributed by atoms with Crippen LogP contribution < -0.4 is 5.32 Å². The lowest BCUT2D eigenvalue weighted by Gasteiger charge is -2.38. The van der Waals surface area contributed by atoms with Gasteiger partial charge < -0.3 is 10.2 Å². The van der Waals surface area contributed by atoms with Crippen LogP contribution in [0.15, 0.2) is 18.2 Å². The quantitative estimate of drug-likeness (QED) is 0.870. The minimum Gasteiger partial charge on any atom is -0.311 e. The summed E-state index contributed by atoms with van der Waals surface area (Å²) < 4.78 is 0. The molecule has 3 heteroatoms. The third kappa shape index (κ3) is 2.82. The van der Waals surface area contributed by atoms with E-state index in [0.29, 0.717) is 12.1 Å². The van der Waals surface area contributed by atoms with E-state index < -0.39 is 0 Å². The fourth-order valence-electron chi connectivity index (χ4n) is 2.58. The van der Waals surface area contributed by atoms with E-state index in [1.165, 1.54) is 11.1 Å². The van der Waals surface area contributed by atoms with E-state index >= 15 is 0 Å². The maximum atomic E-state index is 6.18. The maximum Gasteiger partial charge on any atom is 0.0437 e. The molecule has 2 rings (SSSR count). The molecule has 0 spiro atoms. The van der Waals surface area contributed by atoms with Crippen LogP contribution in [-0.4, -0.2) is 37.1 Å². The molecule has 0 saturated carbocycles. The van der Waals surface area contributed by atoms with Gasteiger partial charge in [0.25, 0.3) is 0 Å². The zero-order chi connectivity index (χ0) is 12.4. The Kier molecular flexibility index (Phi) is 4.08. The molecule has 0 aromatic heterocycles. The molecule has 1 heterocycles. The second kappa shape index (κ2) is 5.38. The maximum absolute atomic E-state index is 6.18. The van der Waals surface area contributed by atoms with E-state index in [2.05, 4.69) is 37.2 Å². The van der Waals surface area contributed by atoms with Crippen molar-refractivity contribution in [2.75, 3.05) is 20.1 Å². The highest BCUT2D eigenvalue weighted by atomic mass is 35.5. The Morgan fingerprint density at radius 3 is 2.94 bits per heavy atom. The van der Waals surface area contributed by atoms with Crippen LogP contribution in [0.3, 0.4) is 0 Å². The fraction of sp³-hybridized carbons (Fsp3) is 0.571. The molecule has 0 amide bonds. The highest BCUT2D eigenvalue weighted by Crippen LogP contribution is 2.22. The largest absolute Gasteiger partial charge is 0.311 e. The van der Waals surface area contributed by atoms with Gasteiger partial charge >= 0.3 is 0 Å². The summed E-state index contributed by atoms with van der Waals surface area (Å²) in [6.07, 6.45) is 1.07. The predicted octanol–water partition coefficient (Wildman–Crippen LogP) is 2.48.